The third-order valence-corrected chi connectivity index (χ3v) is 3.17. The van der Waals surface area contributed by atoms with Crippen LogP contribution in [-0.2, 0) is 19.1 Å². The average Bonchev–Trinajstić information content (AvgIpc) is 2.58. The molecule has 106 valence electrons. The van der Waals surface area contributed by atoms with Crippen molar-refractivity contribution >= 4 is 11.9 Å². The van der Waals surface area contributed by atoms with E-state index in [1.807, 2.05) is 48.5 Å². The minimum Gasteiger partial charge on any atom is -0.462 e. The zero-order chi connectivity index (χ0) is 14.6. The monoisotopic (exact) mass is 258 g/mol. The summed E-state index contributed by atoms with van der Waals surface area (Å²) in [7, 11) is 0. The lowest BCUT2D eigenvalue weighted by atomic mass is 9.88. The lowest BCUT2D eigenvalue weighted by molar-refractivity contribution is -0.170. The average molecular weight is 258 g/mol. The predicted molar refractivity (Wildman–Crippen MR) is 70.0 cm³/mol. The van der Waals surface area contributed by atoms with Crippen LogP contribution < -0.4 is 0 Å². The molecule has 1 unspecified atom stereocenters. The number of hydrogen-bond acceptors (Lipinski definition) is 4. The molecule has 0 spiro atoms. The van der Waals surface area contributed by atoms with Crippen molar-refractivity contribution in [3.63, 3.8) is 0 Å². The molecular formula is C14H26O4. The summed E-state index contributed by atoms with van der Waals surface area (Å²) in [5.41, 5.74) is -0.991. The molecule has 0 amide bonds. The van der Waals surface area contributed by atoms with Crippen LogP contribution in [0.15, 0.2) is 0 Å². The normalized spacial score (nSPS) is 21.7. The highest BCUT2D eigenvalue weighted by atomic mass is 16.6. The maximum absolute atomic E-state index is 11.9. The SMILES string of the molecule is CC.CCC(C)(C)C(=O)OC1C(=O)OCC1(C)C. The molecule has 1 rings (SSSR count). The van der Waals surface area contributed by atoms with Crippen LogP contribution in [0.2, 0.25) is 0 Å². The summed E-state index contributed by atoms with van der Waals surface area (Å²) >= 11 is 0. The van der Waals surface area contributed by atoms with Crippen molar-refractivity contribution in [3.8, 4) is 0 Å². The van der Waals surface area contributed by atoms with Crippen molar-refractivity contribution in [1.29, 1.82) is 0 Å². The first-order valence-electron chi connectivity index (χ1n) is 6.58. The summed E-state index contributed by atoms with van der Waals surface area (Å²) in [6, 6.07) is 0. The van der Waals surface area contributed by atoms with Gasteiger partial charge in [0.15, 0.2) is 0 Å². The lowest BCUT2D eigenvalue weighted by Gasteiger charge is -2.27. The fourth-order valence-corrected chi connectivity index (χ4v) is 1.35. The van der Waals surface area contributed by atoms with Crippen LogP contribution in [0.5, 0.6) is 0 Å². The first-order valence-corrected chi connectivity index (χ1v) is 6.58. The molecule has 0 radical (unpaired) electrons. The van der Waals surface area contributed by atoms with Crippen LogP contribution >= 0.6 is 0 Å². The van der Waals surface area contributed by atoms with Gasteiger partial charge in [0.05, 0.1) is 5.41 Å². The summed E-state index contributed by atoms with van der Waals surface area (Å²) in [5.74, 6) is -0.780. The van der Waals surface area contributed by atoms with Crippen molar-refractivity contribution in [2.24, 2.45) is 10.8 Å². The zero-order valence-electron chi connectivity index (χ0n) is 12.6. The molecule has 0 saturated carbocycles. The summed E-state index contributed by atoms with van der Waals surface area (Å²) < 4.78 is 10.2. The highest BCUT2D eigenvalue weighted by Crippen LogP contribution is 2.33. The van der Waals surface area contributed by atoms with Crippen molar-refractivity contribution in [3.05, 3.63) is 0 Å². The fraction of sp³-hybridized carbons (Fsp3) is 0.857. The molecular weight excluding hydrogens is 232 g/mol. The Kier molecular flexibility index (Phi) is 5.84. The van der Waals surface area contributed by atoms with E-state index in [1.54, 1.807) is 0 Å². The number of hydrogen-bond donors (Lipinski definition) is 0. The van der Waals surface area contributed by atoms with Gasteiger partial charge in [-0.05, 0) is 20.3 Å². The van der Waals surface area contributed by atoms with Gasteiger partial charge in [-0.25, -0.2) is 4.79 Å². The molecule has 0 N–H and O–H groups in total. The smallest absolute Gasteiger partial charge is 0.348 e. The Bertz CT molecular complexity index is 305. The standard InChI is InChI=1S/C12H20O4.C2H6/c1-6-11(2,3)10(14)16-8-9(13)15-7-12(8,4)5;1-2/h8H,6-7H2,1-5H3;1-2H3. The number of rotatable bonds is 3. The molecule has 1 fully saturated rings. The predicted octanol–water partition coefficient (Wildman–Crippen LogP) is 2.94. The summed E-state index contributed by atoms with van der Waals surface area (Å²) in [6.07, 6.45) is -0.0978. The van der Waals surface area contributed by atoms with Gasteiger partial charge in [0.25, 0.3) is 0 Å². The Hall–Kier alpha value is -1.06. The maximum Gasteiger partial charge on any atom is 0.348 e. The van der Waals surface area contributed by atoms with E-state index < -0.39 is 22.9 Å². The van der Waals surface area contributed by atoms with E-state index in [1.165, 1.54) is 0 Å². The molecule has 0 bridgehead atoms. The first kappa shape index (κ1) is 16.9. The van der Waals surface area contributed by atoms with Crippen molar-refractivity contribution in [2.75, 3.05) is 6.61 Å². The Labute approximate surface area is 110 Å². The van der Waals surface area contributed by atoms with Gasteiger partial charge in [-0.15, -0.1) is 0 Å². The quantitative estimate of drug-likeness (QED) is 0.730. The molecule has 4 nitrogen and oxygen atoms in total. The second-order valence-electron chi connectivity index (χ2n) is 5.62. The van der Waals surface area contributed by atoms with E-state index in [0.717, 1.165) is 0 Å². The highest BCUT2D eigenvalue weighted by Gasteiger charge is 2.47. The molecule has 4 heteroatoms. The van der Waals surface area contributed by atoms with Gasteiger partial charge < -0.3 is 9.47 Å². The van der Waals surface area contributed by atoms with Gasteiger partial charge >= 0.3 is 11.9 Å². The van der Waals surface area contributed by atoms with Crippen molar-refractivity contribution in [1.82, 2.24) is 0 Å². The van der Waals surface area contributed by atoms with Crippen LogP contribution in [-0.4, -0.2) is 24.6 Å². The molecule has 0 aromatic rings. The third kappa shape index (κ3) is 3.72. The summed E-state index contributed by atoms with van der Waals surface area (Å²) in [5, 5.41) is 0. The highest BCUT2D eigenvalue weighted by molar-refractivity contribution is 5.83. The van der Waals surface area contributed by atoms with Crippen molar-refractivity contribution in [2.45, 2.75) is 61.0 Å². The Balaban J connectivity index is 0.00000137. The molecule has 1 saturated heterocycles. The molecule has 1 atom stereocenters. The Morgan fingerprint density at radius 1 is 1.44 bits per heavy atom. The summed E-state index contributed by atoms with van der Waals surface area (Å²) in [4.78, 5) is 23.3. The molecule has 0 aliphatic carbocycles. The second-order valence-corrected chi connectivity index (χ2v) is 5.62. The number of cyclic esters (lactones) is 1. The van der Waals surface area contributed by atoms with E-state index in [2.05, 4.69) is 0 Å². The van der Waals surface area contributed by atoms with Crippen LogP contribution in [0, 0.1) is 10.8 Å². The van der Waals surface area contributed by atoms with E-state index in [-0.39, 0.29) is 5.97 Å². The van der Waals surface area contributed by atoms with E-state index in [0.29, 0.717) is 13.0 Å². The summed E-state index contributed by atoms with van der Waals surface area (Å²) in [6.45, 7) is 13.5. The molecule has 0 aromatic carbocycles. The van der Waals surface area contributed by atoms with Gasteiger partial charge in [-0.2, -0.15) is 0 Å². The van der Waals surface area contributed by atoms with E-state index in [4.69, 9.17) is 9.47 Å². The topological polar surface area (TPSA) is 52.6 Å². The first-order chi connectivity index (χ1) is 8.20. The fourth-order valence-electron chi connectivity index (χ4n) is 1.35. The molecule has 1 aliphatic rings. The van der Waals surface area contributed by atoms with Crippen LogP contribution in [0.4, 0.5) is 0 Å². The van der Waals surface area contributed by atoms with Gasteiger partial charge in [0, 0.05) is 5.41 Å². The number of carbonyl (C=O) groups excluding carboxylic acids is 2. The Morgan fingerprint density at radius 3 is 2.28 bits per heavy atom. The number of esters is 2. The maximum atomic E-state index is 11.9. The van der Waals surface area contributed by atoms with Gasteiger partial charge in [0.2, 0.25) is 6.10 Å². The van der Waals surface area contributed by atoms with Gasteiger partial charge in [-0.1, -0.05) is 34.6 Å². The Morgan fingerprint density at radius 2 is 1.94 bits per heavy atom. The van der Waals surface area contributed by atoms with E-state index in [9.17, 15) is 9.59 Å². The molecule has 1 aliphatic heterocycles. The third-order valence-electron chi connectivity index (χ3n) is 3.17. The zero-order valence-corrected chi connectivity index (χ0v) is 12.6. The largest absolute Gasteiger partial charge is 0.462 e. The molecule has 18 heavy (non-hydrogen) atoms. The number of ether oxygens (including phenoxy) is 2. The van der Waals surface area contributed by atoms with Gasteiger partial charge in [0.1, 0.15) is 6.61 Å². The van der Waals surface area contributed by atoms with E-state index >= 15 is 0 Å². The van der Waals surface area contributed by atoms with Crippen LogP contribution in [0.1, 0.15) is 54.9 Å². The minimum absolute atomic E-state index is 0.302. The molecule has 1 heterocycles. The lowest BCUT2D eigenvalue weighted by Crippen LogP contribution is -2.39. The van der Waals surface area contributed by atoms with Gasteiger partial charge in [-0.3, -0.25) is 4.79 Å². The number of carbonyl (C=O) groups is 2. The molecule has 0 aromatic heterocycles. The minimum atomic E-state index is -0.772. The van der Waals surface area contributed by atoms with Crippen LogP contribution in [0.3, 0.4) is 0 Å². The van der Waals surface area contributed by atoms with Crippen molar-refractivity contribution < 1.29 is 19.1 Å². The second kappa shape index (κ2) is 6.21. The van der Waals surface area contributed by atoms with Crippen LogP contribution in [0.25, 0.3) is 0 Å².